The minimum Gasteiger partial charge on any atom is -0.317 e. The van der Waals surface area contributed by atoms with Gasteiger partial charge in [0.25, 0.3) is 5.56 Å². The van der Waals surface area contributed by atoms with E-state index in [1.165, 1.54) is 0 Å². The number of pyridine rings is 1. The zero-order valence-corrected chi connectivity index (χ0v) is 9.84. The van der Waals surface area contributed by atoms with E-state index in [0.717, 1.165) is 11.0 Å². The lowest BCUT2D eigenvalue weighted by molar-refractivity contribution is 1.18. The van der Waals surface area contributed by atoms with E-state index in [0.29, 0.717) is 16.9 Å². The molecule has 0 fully saturated rings. The molecule has 0 amide bonds. The van der Waals surface area contributed by atoms with Gasteiger partial charge in [-0.2, -0.15) is 0 Å². The Kier molecular flexibility index (Phi) is 2.44. The van der Waals surface area contributed by atoms with Gasteiger partial charge < -0.3 is 4.98 Å². The second-order valence-corrected chi connectivity index (χ2v) is 4.16. The third-order valence-electron chi connectivity index (χ3n) is 2.73. The quantitative estimate of drug-likeness (QED) is 0.615. The standard InChI is InChI=1S/C13H10BN3O/c14-9-6-10-12(15-7-9)17-11(13(18)16-10)8-4-2-1-3-5-8/h1-7H,14H2,(H,16,18). The van der Waals surface area contributed by atoms with Gasteiger partial charge in [-0.3, -0.25) is 4.79 Å². The zero-order chi connectivity index (χ0) is 12.5. The average molecular weight is 235 g/mol. The molecule has 2 heterocycles. The molecule has 4 nitrogen and oxygen atoms in total. The topological polar surface area (TPSA) is 58.6 Å². The largest absolute Gasteiger partial charge is 0.317 e. The van der Waals surface area contributed by atoms with Gasteiger partial charge in [-0.1, -0.05) is 35.8 Å². The van der Waals surface area contributed by atoms with Crippen molar-refractivity contribution in [2.24, 2.45) is 0 Å². The molecule has 18 heavy (non-hydrogen) atoms. The predicted octanol–water partition coefficient (Wildman–Crippen LogP) is 0.243. The minimum atomic E-state index is -0.193. The van der Waals surface area contributed by atoms with Gasteiger partial charge in [-0.05, 0) is 6.07 Å². The fraction of sp³-hybridized carbons (Fsp3) is 0. The number of nitrogens with zero attached hydrogens (tertiary/aromatic N) is 2. The molecule has 0 aliphatic carbocycles. The lowest BCUT2D eigenvalue weighted by Crippen LogP contribution is -2.14. The van der Waals surface area contributed by atoms with Crippen molar-refractivity contribution >= 4 is 24.5 Å². The van der Waals surface area contributed by atoms with Crippen LogP contribution >= 0.6 is 0 Å². The van der Waals surface area contributed by atoms with Gasteiger partial charge in [0.2, 0.25) is 0 Å². The van der Waals surface area contributed by atoms with Gasteiger partial charge in [-0.15, -0.1) is 0 Å². The molecule has 0 spiro atoms. The smallest absolute Gasteiger partial charge is 0.275 e. The van der Waals surface area contributed by atoms with Crippen LogP contribution in [0.5, 0.6) is 0 Å². The number of hydrogen-bond donors (Lipinski definition) is 1. The summed E-state index contributed by atoms with van der Waals surface area (Å²) in [5, 5.41) is 0. The molecule has 86 valence electrons. The fourth-order valence-corrected chi connectivity index (χ4v) is 1.87. The molecular weight excluding hydrogens is 225 g/mol. The summed E-state index contributed by atoms with van der Waals surface area (Å²) in [6.45, 7) is 0. The van der Waals surface area contributed by atoms with Crippen molar-refractivity contribution in [2.75, 3.05) is 0 Å². The first-order valence-corrected chi connectivity index (χ1v) is 5.66. The van der Waals surface area contributed by atoms with Gasteiger partial charge in [0.15, 0.2) is 5.65 Å². The molecule has 0 saturated heterocycles. The van der Waals surface area contributed by atoms with Crippen LogP contribution in [0.4, 0.5) is 0 Å². The SMILES string of the molecule is Bc1cnc2nc(-c3ccccc3)c(=O)[nH]c2c1. The maximum absolute atomic E-state index is 12.0. The highest BCUT2D eigenvalue weighted by Gasteiger charge is 2.07. The number of hydrogen-bond acceptors (Lipinski definition) is 3. The Balaban J connectivity index is 2.29. The molecule has 1 aromatic carbocycles. The first kappa shape index (κ1) is 10.7. The van der Waals surface area contributed by atoms with E-state index in [-0.39, 0.29) is 5.56 Å². The Morgan fingerprint density at radius 2 is 1.94 bits per heavy atom. The number of rotatable bonds is 1. The van der Waals surface area contributed by atoms with E-state index in [2.05, 4.69) is 15.0 Å². The van der Waals surface area contributed by atoms with E-state index in [1.807, 2.05) is 44.2 Å². The first-order chi connectivity index (χ1) is 8.74. The van der Waals surface area contributed by atoms with Crippen molar-refractivity contribution in [3.8, 4) is 11.3 Å². The van der Waals surface area contributed by atoms with Crippen LogP contribution < -0.4 is 11.0 Å². The molecule has 2 aromatic heterocycles. The van der Waals surface area contributed by atoms with Crippen LogP contribution in [0.1, 0.15) is 0 Å². The number of benzene rings is 1. The summed E-state index contributed by atoms with van der Waals surface area (Å²) >= 11 is 0. The Bertz CT molecular complexity index is 768. The summed E-state index contributed by atoms with van der Waals surface area (Å²) in [7, 11) is 1.93. The molecular formula is C13H10BN3O. The van der Waals surface area contributed by atoms with Crippen LogP contribution in [0, 0.1) is 0 Å². The highest BCUT2D eigenvalue weighted by Crippen LogP contribution is 2.13. The van der Waals surface area contributed by atoms with E-state index in [1.54, 1.807) is 6.20 Å². The number of aromatic nitrogens is 3. The first-order valence-electron chi connectivity index (χ1n) is 5.66. The Morgan fingerprint density at radius 3 is 2.72 bits per heavy atom. The van der Waals surface area contributed by atoms with Gasteiger partial charge >= 0.3 is 0 Å². The minimum absolute atomic E-state index is 0.193. The lowest BCUT2D eigenvalue weighted by Gasteiger charge is -2.02. The maximum atomic E-state index is 12.0. The zero-order valence-electron chi connectivity index (χ0n) is 9.84. The second kappa shape index (κ2) is 4.11. The molecule has 3 rings (SSSR count). The van der Waals surface area contributed by atoms with Gasteiger partial charge in [-0.25, -0.2) is 9.97 Å². The molecule has 0 aliphatic rings. The van der Waals surface area contributed by atoms with E-state index < -0.39 is 0 Å². The third-order valence-corrected chi connectivity index (χ3v) is 2.73. The molecule has 0 atom stereocenters. The third kappa shape index (κ3) is 1.80. The van der Waals surface area contributed by atoms with Crippen LogP contribution in [0.3, 0.4) is 0 Å². The summed E-state index contributed by atoms with van der Waals surface area (Å²) in [5.41, 5.74) is 3.22. The second-order valence-electron chi connectivity index (χ2n) is 4.16. The van der Waals surface area contributed by atoms with Gasteiger partial charge in [0.1, 0.15) is 13.5 Å². The lowest BCUT2D eigenvalue weighted by atomic mass is 9.99. The predicted molar refractivity (Wildman–Crippen MR) is 73.8 cm³/mol. The maximum Gasteiger partial charge on any atom is 0.275 e. The molecule has 1 N–H and O–H groups in total. The van der Waals surface area contributed by atoms with Crippen molar-refractivity contribution < 1.29 is 0 Å². The van der Waals surface area contributed by atoms with Crippen molar-refractivity contribution in [3.63, 3.8) is 0 Å². The number of aromatic amines is 1. The van der Waals surface area contributed by atoms with Gasteiger partial charge in [0.05, 0.1) is 5.52 Å². The van der Waals surface area contributed by atoms with Crippen LogP contribution in [-0.4, -0.2) is 22.8 Å². The number of fused-ring (bicyclic) bond motifs is 1. The van der Waals surface area contributed by atoms with Gasteiger partial charge in [0, 0.05) is 11.8 Å². The molecule has 0 aliphatic heterocycles. The van der Waals surface area contributed by atoms with Crippen molar-refractivity contribution in [1.29, 1.82) is 0 Å². The van der Waals surface area contributed by atoms with E-state index in [9.17, 15) is 4.79 Å². The summed E-state index contributed by atoms with van der Waals surface area (Å²) in [5.74, 6) is 0. The average Bonchev–Trinajstić information content (AvgIpc) is 2.39. The van der Waals surface area contributed by atoms with Crippen molar-refractivity contribution in [2.45, 2.75) is 0 Å². The van der Waals surface area contributed by atoms with Crippen LogP contribution in [0.25, 0.3) is 22.4 Å². The highest BCUT2D eigenvalue weighted by molar-refractivity contribution is 6.32. The van der Waals surface area contributed by atoms with Crippen LogP contribution in [0.15, 0.2) is 47.4 Å². The normalized spacial score (nSPS) is 10.7. The molecule has 0 bridgehead atoms. The number of H-pyrrole nitrogens is 1. The summed E-state index contributed by atoms with van der Waals surface area (Å²) < 4.78 is 0. The molecule has 5 heteroatoms. The van der Waals surface area contributed by atoms with Crippen molar-refractivity contribution in [3.05, 3.63) is 52.9 Å². The Hall–Kier alpha value is -2.43. The van der Waals surface area contributed by atoms with Crippen LogP contribution in [-0.2, 0) is 0 Å². The van der Waals surface area contributed by atoms with Crippen LogP contribution in [0.2, 0.25) is 0 Å². The fourth-order valence-electron chi connectivity index (χ4n) is 1.87. The Morgan fingerprint density at radius 1 is 1.17 bits per heavy atom. The van der Waals surface area contributed by atoms with Crippen molar-refractivity contribution in [1.82, 2.24) is 15.0 Å². The van der Waals surface area contributed by atoms with E-state index in [4.69, 9.17) is 0 Å². The summed E-state index contributed by atoms with van der Waals surface area (Å²) in [6.07, 6.45) is 1.74. The highest BCUT2D eigenvalue weighted by atomic mass is 16.1. The van der Waals surface area contributed by atoms with E-state index >= 15 is 0 Å². The molecule has 3 aromatic rings. The Labute approximate surface area is 104 Å². The molecule has 0 unspecified atom stereocenters. The number of nitrogens with one attached hydrogen (secondary N) is 1. The summed E-state index contributed by atoms with van der Waals surface area (Å²) in [4.78, 5) is 23.4. The molecule has 0 saturated carbocycles. The summed E-state index contributed by atoms with van der Waals surface area (Å²) in [6, 6.07) is 11.2. The molecule has 0 radical (unpaired) electrons. The monoisotopic (exact) mass is 235 g/mol.